The minimum absolute atomic E-state index is 0.0585. The minimum Gasteiger partial charge on any atom is -0.416 e. The number of hydrogen-bond acceptors (Lipinski definition) is 8. The second-order valence-electron chi connectivity index (χ2n) is 7.24. The number of nitrogens with two attached hydrogens (primary N) is 1. The number of H-pyrrole nitrogens is 1. The van der Waals surface area contributed by atoms with Crippen molar-refractivity contribution in [2.45, 2.75) is 29.4 Å². The van der Waals surface area contributed by atoms with Gasteiger partial charge in [-0.15, -0.1) is 10.2 Å². The number of aryl methyl sites for hydroxylation is 2. The van der Waals surface area contributed by atoms with Gasteiger partial charge in [0.15, 0.2) is 0 Å². The second-order valence-corrected chi connectivity index (χ2v) is 9.73. The molecule has 0 saturated heterocycles. The third-order valence-electron chi connectivity index (χ3n) is 4.78. The quantitative estimate of drug-likeness (QED) is 0.287. The lowest BCUT2D eigenvalue weighted by Gasteiger charge is -2.05. The number of carbonyl (C=O) groups is 1. The lowest BCUT2D eigenvalue weighted by atomic mass is 10.1. The zero-order valence-electron chi connectivity index (χ0n) is 17.5. The Morgan fingerprint density at radius 2 is 1.85 bits per heavy atom. The molecule has 0 fully saturated rings. The first-order valence-electron chi connectivity index (χ1n) is 10.1. The van der Waals surface area contributed by atoms with Crippen LogP contribution in [0.15, 0.2) is 63.1 Å². The van der Waals surface area contributed by atoms with Crippen molar-refractivity contribution in [3.8, 4) is 0 Å². The average molecular weight is 487 g/mol. The summed E-state index contributed by atoms with van der Waals surface area (Å²) in [6, 6.07) is 14.1. The molecule has 4 N–H and O–H groups in total. The van der Waals surface area contributed by atoms with Crippen molar-refractivity contribution in [1.82, 2.24) is 25.5 Å². The zero-order valence-corrected chi connectivity index (χ0v) is 19.2. The SMILES string of the molecule is NS(=O)(=O)c1ccc(CCNC(=O)CSc2nnc(CCc3nc4ccccc4[nH]3)o2)cc1. The number of fused-ring (bicyclic) bond motifs is 1. The molecule has 2 aromatic heterocycles. The predicted octanol–water partition coefficient (Wildman–Crippen LogP) is 1.83. The van der Waals surface area contributed by atoms with Crippen molar-refractivity contribution < 1.29 is 17.6 Å². The van der Waals surface area contributed by atoms with Gasteiger partial charge in [0, 0.05) is 19.4 Å². The summed E-state index contributed by atoms with van der Waals surface area (Å²) in [5.41, 5.74) is 2.79. The Hall–Kier alpha value is -3.22. The third kappa shape index (κ3) is 6.40. The molecule has 0 aliphatic heterocycles. The van der Waals surface area contributed by atoms with Gasteiger partial charge in [0.1, 0.15) is 5.82 Å². The molecule has 0 radical (unpaired) electrons. The number of aromatic amines is 1. The van der Waals surface area contributed by atoms with E-state index < -0.39 is 10.0 Å². The molecule has 4 rings (SSSR count). The van der Waals surface area contributed by atoms with E-state index in [4.69, 9.17) is 9.56 Å². The fourth-order valence-electron chi connectivity index (χ4n) is 3.12. The summed E-state index contributed by atoms with van der Waals surface area (Å²) < 4.78 is 28.1. The largest absolute Gasteiger partial charge is 0.416 e. The Kier molecular flexibility index (Phi) is 7.06. The summed E-state index contributed by atoms with van der Waals surface area (Å²) >= 11 is 1.17. The van der Waals surface area contributed by atoms with Gasteiger partial charge in [0.2, 0.25) is 21.8 Å². The van der Waals surface area contributed by atoms with Crippen LogP contribution in [0.1, 0.15) is 17.3 Å². The Morgan fingerprint density at radius 1 is 1.06 bits per heavy atom. The van der Waals surface area contributed by atoms with E-state index in [1.807, 2.05) is 24.3 Å². The third-order valence-corrected chi connectivity index (χ3v) is 6.52. The maximum absolute atomic E-state index is 12.1. The van der Waals surface area contributed by atoms with E-state index in [0.717, 1.165) is 22.4 Å². The van der Waals surface area contributed by atoms with Crippen molar-refractivity contribution in [2.24, 2.45) is 5.14 Å². The molecule has 0 atom stereocenters. The summed E-state index contributed by atoms with van der Waals surface area (Å²) in [6.07, 6.45) is 1.75. The van der Waals surface area contributed by atoms with Gasteiger partial charge in [-0.05, 0) is 36.2 Å². The molecule has 2 aromatic carbocycles. The lowest BCUT2D eigenvalue weighted by Crippen LogP contribution is -2.27. The molecule has 2 heterocycles. The van der Waals surface area contributed by atoms with Gasteiger partial charge in [-0.1, -0.05) is 36.0 Å². The Bertz CT molecular complexity index is 1320. The number of nitrogens with one attached hydrogen (secondary N) is 2. The van der Waals surface area contributed by atoms with E-state index in [0.29, 0.717) is 36.9 Å². The van der Waals surface area contributed by atoms with Crippen LogP contribution in [0.2, 0.25) is 0 Å². The van der Waals surface area contributed by atoms with Gasteiger partial charge in [-0.3, -0.25) is 4.79 Å². The van der Waals surface area contributed by atoms with Crippen LogP contribution in [0.4, 0.5) is 0 Å². The number of aromatic nitrogens is 4. The minimum atomic E-state index is -3.71. The van der Waals surface area contributed by atoms with Gasteiger partial charge in [0.25, 0.3) is 5.22 Å². The highest BCUT2D eigenvalue weighted by Crippen LogP contribution is 2.17. The first kappa shape index (κ1) is 23.0. The van der Waals surface area contributed by atoms with Crippen LogP contribution in [0.5, 0.6) is 0 Å². The molecule has 10 nitrogen and oxygen atoms in total. The number of sulfonamides is 1. The average Bonchev–Trinajstić information content (AvgIpc) is 3.42. The highest BCUT2D eigenvalue weighted by Gasteiger charge is 2.11. The molecule has 0 spiro atoms. The van der Waals surface area contributed by atoms with Crippen LogP contribution in [0, 0.1) is 0 Å². The summed E-state index contributed by atoms with van der Waals surface area (Å²) in [4.78, 5) is 19.9. The molecule has 1 amide bonds. The highest BCUT2D eigenvalue weighted by molar-refractivity contribution is 7.99. The van der Waals surface area contributed by atoms with Crippen molar-refractivity contribution in [3.63, 3.8) is 0 Å². The first-order valence-corrected chi connectivity index (χ1v) is 12.7. The van der Waals surface area contributed by atoms with Gasteiger partial charge < -0.3 is 14.7 Å². The number of nitrogens with zero attached hydrogens (tertiary/aromatic N) is 3. The molecule has 172 valence electrons. The fraction of sp³-hybridized carbons (Fsp3) is 0.238. The second kappa shape index (κ2) is 10.1. The van der Waals surface area contributed by atoms with Gasteiger partial charge >= 0.3 is 0 Å². The van der Waals surface area contributed by atoms with Crippen LogP contribution in [-0.2, 0) is 34.1 Å². The summed E-state index contributed by atoms with van der Waals surface area (Å²) in [5.74, 6) is 1.32. The normalized spacial score (nSPS) is 11.7. The predicted molar refractivity (Wildman–Crippen MR) is 123 cm³/mol. The first-order chi connectivity index (χ1) is 15.9. The zero-order chi connectivity index (χ0) is 23.3. The van der Waals surface area contributed by atoms with E-state index in [1.165, 1.54) is 23.9 Å². The number of amides is 1. The number of imidazole rings is 1. The van der Waals surface area contributed by atoms with E-state index in [2.05, 4.69) is 25.5 Å². The van der Waals surface area contributed by atoms with Crippen LogP contribution in [-0.4, -0.2) is 46.8 Å². The molecular formula is C21H22N6O4S2. The van der Waals surface area contributed by atoms with Crippen LogP contribution in [0.3, 0.4) is 0 Å². The lowest BCUT2D eigenvalue weighted by molar-refractivity contribution is -0.118. The van der Waals surface area contributed by atoms with E-state index in [-0.39, 0.29) is 16.6 Å². The van der Waals surface area contributed by atoms with Gasteiger partial charge in [-0.2, -0.15) is 0 Å². The molecule has 12 heteroatoms. The summed E-state index contributed by atoms with van der Waals surface area (Å²) in [7, 11) is -3.71. The summed E-state index contributed by atoms with van der Waals surface area (Å²) in [6.45, 7) is 0.417. The Labute approximate surface area is 194 Å². The molecule has 4 aromatic rings. The van der Waals surface area contributed by atoms with E-state index >= 15 is 0 Å². The molecule has 0 aliphatic rings. The van der Waals surface area contributed by atoms with E-state index in [1.54, 1.807) is 12.1 Å². The number of benzene rings is 2. The van der Waals surface area contributed by atoms with E-state index in [9.17, 15) is 13.2 Å². The topological polar surface area (TPSA) is 157 Å². The fourth-order valence-corrected chi connectivity index (χ4v) is 4.24. The molecule has 0 saturated carbocycles. The Morgan fingerprint density at radius 3 is 2.61 bits per heavy atom. The molecule has 0 unspecified atom stereocenters. The number of hydrogen-bond donors (Lipinski definition) is 3. The smallest absolute Gasteiger partial charge is 0.277 e. The van der Waals surface area contributed by atoms with Crippen LogP contribution in [0.25, 0.3) is 11.0 Å². The standard InChI is InChI=1S/C21H22N6O4S2/c22-33(29,30)15-7-5-14(6-8-15)11-12-23-19(28)13-32-21-27-26-20(31-21)10-9-18-24-16-3-1-2-4-17(16)25-18/h1-8H,9-13H2,(H,23,28)(H,24,25)(H2,22,29,30). The Balaban J connectivity index is 1.17. The van der Waals surface area contributed by atoms with Crippen molar-refractivity contribution >= 4 is 38.7 Å². The monoisotopic (exact) mass is 486 g/mol. The van der Waals surface area contributed by atoms with Crippen LogP contribution >= 0.6 is 11.8 Å². The maximum atomic E-state index is 12.1. The highest BCUT2D eigenvalue weighted by atomic mass is 32.2. The molecule has 0 bridgehead atoms. The van der Waals surface area contributed by atoms with Crippen molar-refractivity contribution in [1.29, 1.82) is 0 Å². The molecule has 33 heavy (non-hydrogen) atoms. The number of carbonyl (C=O) groups excluding carboxylic acids is 1. The number of thioether (sulfide) groups is 1. The number of para-hydroxylation sites is 2. The van der Waals surface area contributed by atoms with Gasteiger partial charge in [0.05, 0.1) is 21.7 Å². The number of rotatable bonds is 10. The summed E-state index contributed by atoms with van der Waals surface area (Å²) in [5, 5.41) is 16.2. The molecule has 0 aliphatic carbocycles. The molecular weight excluding hydrogens is 464 g/mol. The van der Waals surface area contributed by atoms with Crippen molar-refractivity contribution in [3.05, 3.63) is 65.8 Å². The van der Waals surface area contributed by atoms with Crippen molar-refractivity contribution in [2.75, 3.05) is 12.3 Å². The maximum Gasteiger partial charge on any atom is 0.277 e. The van der Waals surface area contributed by atoms with Crippen LogP contribution < -0.4 is 10.5 Å². The number of primary sulfonamides is 1. The van der Waals surface area contributed by atoms with Gasteiger partial charge in [-0.25, -0.2) is 18.5 Å².